The number of nitrogens with zero attached hydrogens (tertiary/aromatic N) is 2. The van der Waals surface area contributed by atoms with Crippen LogP contribution in [0.15, 0.2) is 48.7 Å². The van der Waals surface area contributed by atoms with E-state index in [1.165, 1.54) is 0 Å². The van der Waals surface area contributed by atoms with E-state index in [4.69, 9.17) is 0 Å². The van der Waals surface area contributed by atoms with Crippen molar-refractivity contribution < 1.29 is 0 Å². The van der Waals surface area contributed by atoms with Crippen molar-refractivity contribution in [2.75, 3.05) is 0 Å². The second-order valence-electron chi connectivity index (χ2n) is 4.48. The van der Waals surface area contributed by atoms with Gasteiger partial charge in [0.15, 0.2) is 5.82 Å². The fourth-order valence-corrected chi connectivity index (χ4v) is 2.00. The first kappa shape index (κ1) is 10.2. The molecule has 0 radical (unpaired) electrons. The molecule has 0 N–H and O–H groups in total. The minimum Gasteiger partial charge on any atom is -0.236 e. The first-order valence-corrected chi connectivity index (χ1v) is 5.93. The first-order valence-electron chi connectivity index (χ1n) is 5.93. The van der Waals surface area contributed by atoms with Gasteiger partial charge in [-0.05, 0) is 18.4 Å². The van der Waals surface area contributed by atoms with Crippen LogP contribution in [0.2, 0.25) is 0 Å². The van der Waals surface area contributed by atoms with Gasteiger partial charge in [0, 0.05) is 17.2 Å². The molecule has 3 rings (SSSR count). The van der Waals surface area contributed by atoms with Crippen LogP contribution in [0.3, 0.4) is 0 Å². The lowest BCUT2D eigenvalue weighted by atomic mass is 9.98. The molecular formula is C15H14N2. The summed E-state index contributed by atoms with van der Waals surface area (Å²) in [6.07, 6.45) is 9.52. The van der Waals surface area contributed by atoms with Crippen molar-refractivity contribution in [3.8, 4) is 0 Å². The van der Waals surface area contributed by atoms with Gasteiger partial charge in [0.2, 0.25) is 0 Å². The monoisotopic (exact) mass is 222 g/mol. The second kappa shape index (κ2) is 4.13. The molecule has 0 bridgehead atoms. The van der Waals surface area contributed by atoms with Gasteiger partial charge < -0.3 is 0 Å². The number of para-hydroxylation sites is 1. The molecule has 0 spiro atoms. The van der Waals surface area contributed by atoms with Crippen LogP contribution in [0.4, 0.5) is 0 Å². The Morgan fingerprint density at radius 2 is 2.12 bits per heavy atom. The van der Waals surface area contributed by atoms with Crippen molar-refractivity contribution in [3.63, 3.8) is 0 Å². The normalized spacial score (nSPS) is 19.4. The van der Waals surface area contributed by atoms with Gasteiger partial charge in [0.1, 0.15) is 0 Å². The molecule has 1 aromatic heterocycles. The minimum absolute atomic E-state index is 0.624. The molecule has 1 aromatic carbocycles. The topological polar surface area (TPSA) is 25.8 Å². The van der Waals surface area contributed by atoms with Gasteiger partial charge in [-0.3, -0.25) is 0 Å². The number of fused-ring (bicyclic) bond motifs is 1. The fraction of sp³-hybridized carbons (Fsp3) is 0.200. The SMILES string of the molecule is CC1C=CC(c2ncc3ccccc3n2)=CC1. The summed E-state index contributed by atoms with van der Waals surface area (Å²) in [5, 5.41) is 1.09. The lowest BCUT2D eigenvalue weighted by Crippen LogP contribution is -1.98. The van der Waals surface area contributed by atoms with Crippen molar-refractivity contribution in [2.24, 2.45) is 5.92 Å². The smallest absolute Gasteiger partial charge is 0.159 e. The Bertz CT molecular complexity index is 611. The van der Waals surface area contributed by atoms with Gasteiger partial charge in [-0.2, -0.15) is 0 Å². The minimum atomic E-state index is 0.624. The van der Waals surface area contributed by atoms with Crippen LogP contribution >= 0.6 is 0 Å². The Hall–Kier alpha value is -1.96. The number of benzene rings is 1. The van der Waals surface area contributed by atoms with Crippen LogP contribution in [0.5, 0.6) is 0 Å². The van der Waals surface area contributed by atoms with Gasteiger partial charge in [-0.15, -0.1) is 0 Å². The predicted octanol–water partition coefficient (Wildman–Crippen LogP) is 3.61. The highest BCUT2D eigenvalue weighted by molar-refractivity contribution is 5.80. The lowest BCUT2D eigenvalue weighted by Gasteiger charge is -2.10. The van der Waals surface area contributed by atoms with Crippen molar-refractivity contribution in [3.05, 3.63) is 54.5 Å². The molecule has 1 unspecified atom stereocenters. The van der Waals surface area contributed by atoms with Crippen LogP contribution in [0.1, 0.15) is 19.2 Å². The lowest BCUT2D eigenvalue weighted by molar-refractivity contribution is 0.738. The molecular weight excluding hydrogens is 208 g/mol. The highest BCUT2D eigenvalue weighted by Crippen LogP contribution is 2.22. The van der Waals surface area contributed by atoms with Crippen LogP contribution in [-0.2, 0) is 0 Å². The van der Waals surface area contributed by atoms with E-state index in [1.54, 1.807) is 0 Å². The molecule has 0 saturated carbocycles. The van der Waals surface area contributed by atoms with Gasteiger partial charge in [-0.25, -0.2) is 9.97 Å². The molecule has 2 aromatic rings. The van der Waals surface area contributed by atoms with Crippen molar-refractivity contribution in [2.45, 2.75) is 13.3 Å². The Labute approximate surface area is 101 Å². The van der Waals surface area contributed by atoms with E-state index in [0.717, 1.165) is 28.7 Å². The Balaban J connectivity index is 2.04. The van der Waals surface area contributed by atoms with Crippen molar-refractivity contribution >= 4 is 16.5 Å². The molecule has 2 heteroatoms. The van der Waals surface area contributed by atoms with E-state index in [1.807, 2.05) is 30.5 Å². The number of hydrogen-bond donors (Lipinski definition) is 0. The van der Waals surface area contributed by atoms with E-state index >= 15 is 0 Å². The maximum atomic E-state index is 4.59. The molecule has 1 aliphatic rings. The summed E-state index contributed by atoms with van der Waals surface area (Å²) in [5.41, 5.74) is 2.14. The van der Waals surface area contributed by atoms with Crippen molar-refractivity contribution in [1.29, 1.82) is 0 Å². The number of allylic oxidation sites excluding steroid dienone is 4. The summed E-state index contributed by atoms with van der Waals surface area (Å²) >= 11 is 0. The van der Waals surface area contributed by atoms with Gasteiger partial charge >= 0.3 is 0 Å². The molecule has 0 aliphatic heterocycles. The second-order valence-corrected chi connectivity index (χ2v) is 4.48. The zero-order chi connectivity index (χ0) is 11.7. The van der Waals surface area contributed by atoms with Gasteiger partial charge in [-0.1, -0.05) is 43.4 Å². The van der Waals surface area contributed by atoms with Crippen LogP contribution < -0.4 is 0 Å². The van der Waals surface area contributed by atoms with Gasteiger partial charge in [0.05, 0.1) is 5.52 Å². The average Bonchev–Trinajstić information content (AvgIpc) is 2.39. The van der Waals surface area contributed by atoms with Crippen LogP contribution in [-0.4, -0.2) is 9.97 Å². The predicted molar refractivity (Wildman–Crippen MR) is 70.4 cm³/mol. The zero-order valence-electron chi connectivity index (χ0n) is 9.80. The summed E-state index contributed by atoms with van der Waals surface area (Å²) in [4.78, 5) is 9.02. The Morgan fingerprint density at radius 1 is 1.24 bits per heavy atom. The third-order valence-corrected chi connectivity index (χ3v) is 3.06. The number of rotatable bonds is 1. The largest absolute Gasteiger partial charge is 0.236 e. The van der Waals surface area contributed by atoms with E-state index < -0.39 is 0 Å². The highest BCUT2D eigenvalue weighted by Gasteiger charge is 2.08. The summed E-state index contributed by atoms with van der Waals surface area (Å²) in [6, 6.07) is 8.07. The Kier molecular flexibility index (Phi) is 2.48. The summed E-state index contributed by atoms with van der Waals surface area (Å²) < 4.78 is 0. The number of aromatic nitrogens is 2. The molecule has 2 nitrogen and oxygen atoms in total. The van der Waals surface area contributed by atoms with Crippen molar-refractivity contribution in [1.82, 2.24) is 9.97 Å². The maximum Gasteiger partial charge on any atom is 0.159 e. The van der Waals surface area contributed by atoms with Crippen LogP contribution in [0.25, 0.3) is 16.5 Å². The molecule has 17 heavy (non-hydrogen) atoms. The maximum absolute atomic E-state index is 4.59. The molecule has 1 heterocycles. The molecule has 0 fully saturated rings. The quantitative estimate of drug-likeness (QED) is 0.736. The van der Waals surface area contributed by atoms with Crippen LogP contribution in [0, 0.1) is 5.92 Å². The number of hydrogen-bond acceptors (Lipinski definition) is 2. The third-order valence-electron chi connectivity index (χ3n) is 3.06. The fourth-order valence-electron chi connectivity index (χ4n) is 2.00. The summed E-state index contributed by atoms with van der Waals surface area (Å²) in [5.74, 6) is 1.45. The summed E-state index contributed by atoms with van der Waals surface area (Å²) in [7, 11) is 0. The van der Waals surface area contributed by atoms with E-state index in [2.05, 4.69) is 35.1 Å². The summed E-state index contributed by atoms with van der Waals surface area (Å²) in [6.45, 7) is 2.21. The van der Waals surface area contributed by atoms with E-state index in [-0.39, 0.29) is 0 Å². The highest BCUT2D eigenvalue weighted by atomic mass is 14.9. The standard InChI is InChI=1S/C15H14N2/c1-11-6-8-12(9-7-11)15-16-10-13-4-2-3-5-14(13)17-15/h2-6,8-11H,7H2,1H3. The molecule has 1 aliphatic carbocycles. The molecule has 0 amide bonds. The van der Waals surface area contributed by atoms with Gasteiger partial charge in [0.25, 0.3) is 0 Å². The first-order chi connectivity index (χ1) is 8.33. The molecule has 0 saturated heterocycles. The Morgan fingerprint density at radius 3 is 2.94 bits per heavy atom. The molecule has 84 valence electrons. The average molecular weight is 222 g/mol. The molecule has 1 atom stereocenters. The van der Waals surface area contributed by atoms with E-state index in [9.17, 15) is 0 Å². The zero-order valence-corrected chi connectivity index (χ0v) is 9.80. The van der Waals surface area contributed by atoms with E-state index in [0.29, 0.717) is 5.92 Å². The third kappa shape index (κ3) is 1.98.